The number of alkyl halides is 5. The summed E-state index contributed by atoms with van der Waals surface area (Å²) in [5.41, 5.74) is 8.95. The van der Waals surface area contributed by atoms with Gasteiger partial charge in [0.05, 0.1) is 82.1 Å². The Balaban J connectivity index is 0.00000124. The molecule has 0 unspecified atom stereocenters. The zero-order valence-corrected chi connectivity index (χ0v) is 77.4. The summed E-state index contributed by atoms with van der Waals surface area (Å²) in [5.74, 6) is -2.70. The number of nitrogens with zero attached hydrogens (tertiary/aromatic N) is 2. The molecule has 0 saturated carbocycles. The quantitative estimate of drug-likeness (QED) is 0.0330. The van der Waals surface area contributed by atoms with E-state index >= 15 is 0 Å². The van der Waals surface area contributed by atoms with Gasteiger partial charge in [-0.1, -0.05) is 231 Å². The Morgan fingerprint density at radius 1 is 0.486 bits per heavy atom. The maximum Gasteiger partial charge on any atom is 1.00 e. The van der Waals surface area contributed by atoms with E-state index in [1.165, 1.54) is 32.9 Å². The van der Waals surface area contributed by atoms with Crippen LogP contribution >= 0.6 is 241 Å². The van der Waals surface area contributed by atoms with Gasteiger partial charge in [0.1, 0.15) is 0 Å². The Morgan fingerprint density at radius 3 is 1.12 bits per heavy atom. The van der Waals surface area contributed by atoms with E-state index in [2.05, 4.69) is 52.7 Å². The summed E-state index contributed by atoms with van der Waals surface area (Å²) in [5, 5.41) is 39.4. The molecular weight excluding hydrogens is 1960 g/mol. The first-order chi connectivity index (χ1) is 52.0. The minimum atomic E-state index is -1.06. The Labute approximate surface area is 771 Å². The van der Waals surface area contributed by atoms with Crippen molar-refractivity contribution < 1.29 is 83.9 Å². The van der Waals surface area contributed by atoms with Gasteiger partial charge in [-0.2, -0.15) is 0 Å². The van der Waals surface area contributed by atoms with Crippen LogP contribution in [-0.2, 0) is 31.1 Å². The average molecular weight is 2020 g/mol. The zero-order chi connectivity index (χ0) is 85.2. The number of carboxylic acid groups (broad SMARTS) is 2. The molecule has 3 aliphatic heterocycles. The summed E-state index contributed by atoms with van der Waals surface area (Å²) in [6.45, 7) is 22.9. The predicted molar refractivity (Wildman–Crippen MR) is 457 cm³/mol. The number of carboxylic acids is 2. The predicted octanol–water partition coefficient (Wildman–Crippen LogP) is 23.8. The fourth-order valence-electron chi connectivity index (χ4n) is 9.60. The number of nitrogens with one attached hydrogen (secondary N) is 3. The monoisotopic (exact) mass is 2010 g/mol. The molecule has 37 heteroatoms. The van der Waals surface area contributed by atoms with Gasteiger partial charge in [0.15, 0.2) is 21.6 Å². The maximum absolute atomic E-state index is 11.5. The average Bonchev–Trinajstić information content (AvgIpc) is 0.785. The molecule has 0 aromatic heterocycles. The van der Waals surface area contributed by atoms with Crippen LogP contribution in [0, 0.1) is 39.2 Å². The number of aromatic carboxylic acids is 2. The maximum atomic E-state index is 11.5. The van der Waals surface area contributed by atoms with Crippen LogP contribution < -0.4 is 45.5 Å². The van der Waals surface area contributed by atoms with E-state index in [1.54, 1.807) is 106 Å². The fourth-order valence-corrected chi connectivity index (χ4v) is 14.7. The molecular formula is C74H59Br2Cl18FN5NaO10. The summed E-state index contributed by atoms with van der Waals surface area (Å²) in [7, 11) is -1.00. The number of amides is 3. The topological polar surface area (TPSA) is 241 Å². The van der Waals surface area contributed by atoms with Crippen LogP contribution in [0.2, 0.25) is 75.3 Å². The van der Waals surface area contributed by atoms with Crippen LogP contribution in [0.5, 0.6) is 0 Å². The molecule has 0 radical (unpaired) electrons. The molecule has 0 saturated heterocycles. The van der Waals surface area contributed by atoms with Crippen molar-refractivity contribution in [1.82, 2.24) is 16.0 Å². The zero-order valence-electron chi connectivity index (χ0n) is 59.7. The van der Waals surface area contributed by atoms with E-state index in [1.807, 2.05) is 0 Å². The van der Waals surface area contributed by atoms with Crippen molar-refractivity contribution in [1.29, 1.82) is 5.26 Å². The van der Waals surface area contributed by atoms with Gasteiger partial charge in [0.25, 0.3) is 17.7 Å². The Morgan fingerprint density at radius 2 is 0.793 bits per heavy atom. The van der Waals surface area contributed by atoms with Crippen molar-refractivity contribution in [3.8, 4) is 0 Å². The number of rotatable bonds is 7. The van der Waals surface area contributed by atoms with Gasteiger partial charge >= 0.3 is 41.5 Å². The normalized spacial score (nSPS) is 11.4. The van der Waals surface area contributed by atoms with E-state index in [0.717, 1.165) is 47.1 Å². The second kappa shape index (κ2) is 54.3. The second-order valence-corrected chi connectivity index (χ2v) is 31.0. The number of halogens is 21. The Hall–Kier alpha value is -3.79. The van der Waals surface area contributed by atoms with E-state index in [4.69, 9.17) is 239 Å². The minimum Gasteiger partial charge on any atom is -0.512 e. The second-order valence-electron chi connectivity index (χ2n) is 21.5. The van der Waals surface area contributed by atoms with Crippen molar-refractivity contribution in [2.45, 2.75) is 77.0 Å². The first-order valence-corrected chi connectivity index (χ1v) is 39.3. The van der Waals surface area contributed by atoms with Gasteiger partial charge in [-0.15, -0.1) is 0 Å². The van der Waals surface area contributed by atoms with Gasteiger partial charge in [-0.3, -0.25) is 33.2 Å². The summed E-state index contributed by atoms with van der Waals surface area (Å²) < 4.78 is 15.4. The molecule has 111 heavy (non-hydrogen) atoms. The molecule has 0 aliphatic carbocycles. The smallest absolute Gasteiger partial charge is 0.512 e. The minimum absolute atomic E-state index is 0. The number of carbonyl (C=O) groups is 8. The molecule has 0 spiro atoms. The van der Waals surface area contributed by atoms with E-state index in [0.29, 0.717) is 150 Å². The molecule has 8 aromatic carbocycles. The van der Waals surface area contributed by atoms with Crippen molar-refractivity contribution in [3.05, 3.63) is 284 Å². The number of benzene rings is 8. The number of hydrogen-bond donors (Lipinski definition) is 5. The van der Waals surface area contributed by atoms with E-state index in [-0.39, 0.29) is 87.3 Å². The summed E-state index contributed by atoms with van der Waals surface area (Å²) in [6.07, 6.45) is 2.23. The molecule has 588 valence electrons. The third kappa shape index (κ3) is 32.9. The molecule has 11 rings (SSSR count). The molecule has 8 aromatic rings. The van der Waals surface area contributed by atoms with Crippen LogP contribution in [0.4, 0.5) is 4.39 Å². The molecule has 15 nitrogen and oxygen atoms in total. The van der Waals surface area contributed by atoms with Crippen LogP contribution in [0.3, 0.4) is 0 Å². The third-order valence-electron chi connectivity index (χ3n) is 14.6. The SMILES string of the molecule is CC(=O)c1c(Cl)ccc(Cl)c1C.CC(=O)c1c(Cl)ccc(Cl)c1CBr.Cc1c(Cl)ccc(Cl)c1C(=O)O.Cc1c(Cl)cccc1C(=O)O.ClC(Cl)Cl.O=C1NCCc2c(Cl)cc(Br)c(Cl)c21.O=C1NCCc2c(Cl)ccc(Cl)c21.O=C1NCCc2c(Cl)ccc(Cl)c21.[2H]CF.[C-]#N.[C-]#[N+]Cc1c(Cl)ccc(Cl)c1C(C)=O.[Na+]. The van der Waals surface area contributed by atoms with Crippen LogP contribution in [0.1, 0.15) is 150 Å². The van der Waals surface area contributed by atoms with Crippen LogP contribution in [0.25, 0.3) is 4.85 Å². The van der Waals surface area contributed by atoms with Crippen molar-refractivity contribution in [2.24, 2.45) is 0 Å². The largest absolute Gasteiger partial charge is 1.00 e. The molecule has 3 heterocycles. The van der Waals surface area contributed by atoms with Gasteiger partial charge < -0.3 is 42.8 Å². The van der Waals surface area contributed by atoms with E-state index < -0.39 is 23.4 Å². The molecule has 0 atom stereocenters. The van der Waals surface area contributed by atoms with Crippen molar-refractivity contribution in [2.75, 3.05) is 26.8 Å². The van der Waals surface area contributed by atoms with Crippen LogP contribution in [0.15, 0.2) is 102 Å². The van der Waals surface area contributed by atoms with Gasteiger partial charge in [0, 0.05) is 81.3 Å². The first kappa shape index (κ1) is 105. The first-order valence-electron chi connectivity index (χ1n) is 31.1. The molecule has 3 aliphatic rings. The van der Waals surface area contributed by atoms with Gasteiger partial charge in [-0.25, -0.2) is 16.2 Å². The fraction of sp³-hybridized carbons (Fsp3) is 0.216. The third-order valence-corrected chi connectivity index (χ3v) is 21.3. The Bertz CT molecular complexity index is 4590. The van der Waals surface area contributed by atoms with Gasteiger partial charge in [-0.05, 0) is 207 Å². The summed E-state index contributed by atoms with van der Waals surface area (Å²) in [6, 6.07) is 26.1. The van der Waals surface area contributed by atoms with E-state index in [9.17, 15) is 42.7 Å². The van der Waals surface area contributed by atoms with Crippen LogP contribution in [-0.4, -0.2) is 88.3 Å². The molecule has 0 fully saturated rings. The number of ketones is 3. The number of Topliss-reactive ketones (excluding diaryl/α,β-unsaturated/α-hetero) is 3. The number of fused-ring (bicyclic) bond motifs is 3. The molecule has 5 N–H and O–H groups in total. The molecule has 3 amide bonds. The number of carbonyl (C=O) groups excluding carboxylic acids is 6. The van der Waals surface area contributed by atoms with Gasteiger partial charge in [0.2, 0.25) is 6.54 Å². The summed E-state index contributed by atoms with van der Waals surface area (Å²) >= 11 is 109. The standard InChI is InChI=1S/C10H7Cl2NO.C9H6BrCl2NO.C9H7BrCl2O.2C9H7Cl2NO.C9H8Cl2O.C8H6Cl2O2.C8H7ClO2.CHCl3.CH3F.CN.Na/c1-6(14)10-7(5-13-2)8(11)3-4-9(10)12;10-5-3-6(11)4-1-2-13-9(14)7(4)8(5)12;1-5(13)9-6(4-10)7(11)2-3-8(9)12;2*10-6-1-2-7(11)8-5(6)3-4-12-9(8)13;1-5-7(10)3-4-8(11)9(5)6(2)12;1-4-5(9)2-3-6(10)7(4)8(11)12;1-5-6(8(10)11)3-2-4-7(5)9;2-1(3)4;2*1-2;/h3-4H,5H2,1H3;3H,1-2H2,(H,13,14);2-3H,4H2,1H3;2*1-2H,3-4H2,(H,12,13);3-4H,1-2H3;2-3H,1H3,(H,11,12);2-4H,1H3,(H,10,11);1H;1H3;;/q;;;;;;;;;;-1;+1/i;;;;;;;;;1D;;. The Kier molecular flexibility index (Phi) is 51.4. The molecule has 0 bridgehead atoms. The van der Waals surface area contributed by atoms with Crippen molar-refractivity contribution in [3.63, 3.8) is 0 Å². The van der Waals surface area contributed by atoms with Crippen molar-refractivity contribution >= 4 is 288 Å². The summed E-state index contributed by atoms with van der Waals surface area (Å²) in [4.78, 5) is 92.3. The number of hydrogen-bond acceptors (Lipinski definition) is 9.